The monoisotopic (exact) mass is 579 g/mol. The van der Waals surface area contributed by atoms with Gasteiger partial charge in [-0.2, -0.15) is 4.39 Å². The van der Waals surface area contributed by atoms with E-state index in [1.165, 1.54) is 20.3 Å². The van der Waals surface area contributed by atoms with Crippen LogP contribution in [0.2, 0.25) is 0 Å². The molecule has 0 unspecified atom stereocenters. The van der Waals surface area contributed by atoms with Gasteiger partial charge < -0.3 is 34.3 Å². The molecule has 2 aromatic carbocycles. The van der Waals surface area contributed by atoms with Crippen molar-refractivity contribution in [2.45, 2.75) is 50.2 Å². The third-order valence-electron chi connectivity index (χ3n) is 8.09. The minimum Gasteiger partial charge on any atom is -0.494 e. The number of carbonyl (C=O) groups is 2. The van der Waals surface area contributed by atoms with Gasteiger partial charge in [0.2, 0.25) is 5.82 Å². The van der Waals surface area contributed by atoms with E-state index in [4.69, 9.17) is 14.2 Å². The molecule has 42 heavy (non-hydrogen) atoms. The van der Waals surface area contributed by atoms with Gasteiger partial charge in [-0.1, -0.05) is 49.2 Å². The predicted octanol–water partition coefficient (Wildman–Crippen LogP) is 4.42. The molecule has 2 aliphatic rings. The standard InChI is InChI=1S/C31H38FN5O5/c1-40-25-13-8-14-26(27(25)32)42-18-15-22-19-33-16-17-36(22)30(38)28-29(21-9-4-3-5-10-21)37(20-34-28)24-12-7-6-11-23(24)35-31(39)41-2/h3-5,8-10,13-14,20,22-24,33H,6-7,11-12,15-19H2,1-2H3,(H,35,39)/t22-,23+,24+/m1/s1. The summed E-state index contributed by atoms with van der Waals surface area (Å²) in [6.07, 6.45) is 5.41. The van der Waals surface area contributed by atoms with Crippen molar-refractivity contribution >= 4 is 12.0 Å². The summed E-state index contributed by atoms with van der Waals surface area (Å²) in [7, 11) is 2.77. The second-order valence-corrected chi connectivity index (χ2v) is 10.6. The van der Waals surface area contributed by atoms with E-state index in [1.54, 1.807) is 18.5 Å². The zero-order valence-corrected chi connectivity index (χ0v) is 24.1. The Labute approximate surface area is 245 Å². The molecule has 11 heteroatoms. The number of carbonyl (C=O) groups excluding carboxylic acids is 2. The zero-order valence-electron chi connectivity index (χ0n) is 24.1. The average molecular weight is 580 g/mol. The first-order chi connectivity index (χ1) is 20.5. The Balaban J connectivity index is 1.40. The molecule has 5 rings (SSSR count). The second kappa shape index (κ2) is 13.7. The number of nitrogens with one attached hydrogen (secondary N) is 2. The molecule has 10 nitrogen and oxygen atoms in total. The Hall–Kier alpha value is -4.12. The first-order valence-electron chi connectivity index (χ1n) is 14.5. The van der Waals surface area contributed by atoms with Gasteiger partial charge in [0, 0.05) is 37.7 Å². The molecule has 2 amide bonds. The van der Waals surface area contributed by atoms with E-state index in [2.05, 4.69) is 15.6 Å². The van der Waals surface area contributed by atoms with Crippen LogP contribution in [0.4, 0.5) is 9.18 Å². The van der Waals surface area contributed by atoms with Crippen LogP contribution in [-0.4, -0.2) is 79.0 Å². The lowest BCUT2D eigenvalue weighted by atomic mass is 9.89. The molecule has 2 heterocycles. The molecule has 3 atom stereocenters. The number of hydrogen-bond donors (Lipinski definition) is 2. The fourth-order valence-electron chi connectivity index (χ4n) is 5.96. The van der Waals surface area contributed by atoms with Crippen LogP contribution in [0.5, 0.6) is 11.5 Å². The number of imidazole rings is 1. The lowest BCUT2D eigenvalue weighted by Crippen LogP contribution is -2.54. The quantitative estimate of drug-likeness (QED) is 0.387. The summed E-state index contributed by atoms with van der Waals surface area (Å²) in [4.78, 5) is 32.8. The summed E-state index contributed by atoms with van der Waals surface area (Å²) in [5.74, 6) is -0.478. The highest BCUT2D eigenvalue weighted by atomic mass is 19.1. The van der Waals surface area contributed by atoms with E-state index in [0.29, 0.717) is 31.7 Å². The first kappa shape index (κ1) is 29.4. The van der Waals surface area contributed by atoms with Crippen molar-refractivity contribution in [2.24, 2.45) is 0 Å². The van der Waals surface area contributed by atoms with Crippen LogP contribution in [0.25, 0.3) is 11.3 Å². The van der Waals surface area contributed by atoms with Gasteiger partial charge in [0.05, 0.1) is 44.9 Å². The molecule has 1 saturated heterocycles. The molecule has 1 aromatic heterocycles. The van der Waals surface area contributed by atoms with Crippen LogP contribution in [0.1, 0.15) is 48.6 Å². The number of methoxy groups -OCH3 is 2. The van der Waals surface area contributed by atoms with Crippen LogP contribution in [0, 0.1) is 5.82 Å². The Morgan fingerprint density at radius 1 is 1.07 bits per heavy atom. The second-order valence-electron chi connectivity index (χ2n) is 10.6. The van der Waals surface area contributed by atoms with Crippen molar-refractivity contribution in [1.29, 1.82) is 0 Å². The first-order valence-corrected chi connectivity index (χ1v) is 14.5. The van der Waals surface area contributed by atoms with E-state index < -0.39 is 11.9 Å². The normalized spacial score (nSPS) is 20.5. The minimum absolute atomic E-state index is 0.0768. The summed E-state index contributed by atoms with van der Waals surface area (Å²) in [5.41, 5.74) is 1.98. The number of piperazine rings is 1. The fourth-order valence-corrected chi connectivity index (χ4v) is 5.96. The van der Waals surface area contributed by atoms with Gasteiger partial charge in [0.1, 0.15) is 0 Å². The maximum atomic E-state index is 14.6. The number of amides is 2. The number of benzene rings is 2. The van der Waals surface area contributed by atoms with E-state index in [1.807, 2.05) is 39.8 Å². The SMILES string of the molecule is COC(=O)N[C@H]1CCCC[C@@H]1n1cnc(C(=O)N2CCNC[C@H]2CCOc2cccc(OC)c2F)c1-c1ccccc1. The summed E-state index contributed by atoms with van der Waals surface area (Å²) in [6, 6.07) is 14.1. The highest BCUT2D eigenvalue weighted by molar-refractivity contribution is 5.98. The number of halogens is 1. The molecular formula is C31H38FN5O5. The number of nitrogens with zero attached hydrogens (tertiary/aromatic N) is 3. The van der Waals surface area contributed by atoms with Gasteiger partial charge in [-0.15, -0.1) is 0 Å². The Bertz CT molecular complexity index is 1370. The highest BCUT2D eigenvalue weighted by Crippen LogP contribution is 2.35. The molecule has 0 bridgehead atoms. The number of rotatable bonds is 9. The maximum Gasteiger partial charge on any atom is 0.407 e. The molecule has 2 fully saturated rings. The smallest absolute Gasteiger partial charge is 0.407 e. The molecule has 3 aromatic rings. The van der Waals surface area contributed by atoms with Gasteiger partial charge in [0.15, 0.2) is 17.2 Å². The number of ether oxygens (including phenoxy) is 3. The van der Waals surface area contributed by atoms with Gasteiger partial charge in [0.25, 0.3) is 5.91 Å². The number of hydrogen-bond acceptors (Lipinski definition) is 7. The predicted molar refractivity (Wildman–Crippen MR) is 155 cm³/mol. The van der Waals surface area contributed by atoms with E-state index >= 15 is 0 Å². The van der Waals surface area contributed by atoms with Crippen LogP contribution in [0.3, 0.4) is 0 Å². The molecule has 1 aliphatic carbocycles. The lowest BCUT2D eigenvalue weighted by molar-refractivity contribution is 0.0600. The van der Waals surface area contributed by atoms with Gasteiger partial charge in [-0.05, 0) is 25.0 Å². The topological polar surface area (TPSA) is 107 Å². The van der Waals surface area contributed by atoms with E-state index in [0.717, 1.165) is 36.9 Å². The third kappa shape index (κ3) is 6.35. The van der Waals surface area contributed by atoms with Crippen molar-refractivity contribution in [3.8, 4) is 22.8 Å². The lowest BCUT2D eigenvalue weighted by Gasteiger charge is -2.36. The molecule has 0 radical (unpaired) electrons. The summed E-state index contributed by atoms with van der Waals surface area (Å²) in [6.45, 7) is 1.98. The van der Waals surface area contributed by atoms with Crippen molar-refractivity contribution in [3.63, 3.8) is 0 Å². The number of aromatic nitrogens is 2. The van der Waals surface area contributed by atoms with Crippen LogP contribution in [-0.2, 0) is 4.74 Å². The molecule has 1 aliphatic heterocycles. The zero-order chi connectivity index (χ0) is 29.5. The van der Waals surface area contributed by atoms with Crippen LogP contribution in [0.15, 0.2) is 54.9 Å². The maximum absolute atomic E-state index is 14.6. The Morgan fingerprint density at radius 3 is 2.64 bits per heavy atom. The average Bonchev–Trinajstić information content (AvgIpc) is 3.47. The van der Waals surface area contributed by atoms with E-state index in [-0.39, 0.29) is 42.1 Å². The molecule has 0 spiro atoms. The van der Waals surface area contributed by atoms with Crippen molar-refractivity contribution in [2.75, 3.05) is 40.5 Å². The summed E-state index contributed by atoms with van der Waals surface area (Å²) in [5, 5.41) is 6.35. The molecule has 2 N–H and O–H groups in total. The highest BCUT2D eigenvalue weighted by Gasteiger charge is 2.35. The third-order valence-corrected chi connectivity index (χ3v) is 8.09. The van der Waals surface area contributed by atoms with Gasteiger partial charge in [-0.25, -0.2) is 9.78 Å². The number of alkyl carbamates (subject to hydrolysis) is 1. The summed E-state index contributed by atoms with van der Waals surface area (Å²) >= 11 is 0. The van der Waals surface area contributed by atoms with E-state index in [9.17, 15) is 14.0 Å². The van der Waals surface area contributed by atoms with Crippen LogP contribution < -0.4 is 20.1 Å². The Kier molecular flexibility index (Phi) is 9.58. The van der Waals surface area contributed by atoms with Crippen molar-refractivity contribution in [1.82, 2.24) is 25.1 Å². The van der Waals surface area contributed by atoms with Crippen molar-refractivity contribution < 1.29 is 28.2 Å². The fraction of sp³-hybridized carbons (Fsp3) is 0.452. The van der Waals surface area contributed by atoms with Crippen molar-refractivity contribution in [3.05, 3.63) is 66.4 Å². The van der Waals surface area contributed by atoms with Gasteiger partial charge >= 0.3 is 6.09 Å². The van der Waals surface area contributed by atoms with Crippen LogP contribution >= 0.6 is 0 Å². The Morgan fingerprint density at radius 2 is 1.86 bits per heavy atom. The minimum atomic E-state index is -0.546. The molecule has 224 valence electrons. The van der Waals surface area contributed by atoms with Gasteiger partial charge in [-0.3, -0.25) is 4.79 Å². The molecular weight excluding hydrogens is 541 g/mol. The molecule has 1 saturated carbocycles. The largest absolute Gasteiger partial charge is 0.494 e. The summed E-state index contributed by atoms with van der Waals surface area (Å²) < 4.78 is 32.3.